The summed E-state index contributed by atoms with van der Waals surface area (Å²) >= 11 is 1.34. The van der Waals surface area contributed by atoms with Crippen molar-refractivity contribution in [1.82, 2.24) is 5.32 Å². The van der Waals surface area contributed by atoms with Crippen LogP contribution in [0.1, 0.15) is 29.1 Å². The third kappa shape index (κ3) is 4.35. The van der Waals surface area contributed by atoms with E-state index < -0.39 is 6.04 Å². The Morgan fingerprint density at radius 2 is 1.96 bits per heavy atom. The van der Waals surface area contributed by atoms with Gasteiger partial charge < -0.3 is 15.4 Å². The fraction of sp³-hybridized carbons (Fsp3) is 0.333. The number of rotatable bonds is 6. The van der Waals surface area contributed by atoms with Gasteiger partial charge >= 0.3 is 0 Å². The van der Waals surface area contributed by atoms with Crippen LogP contribution in [-0.2, 0) is 4.79 Å². The quantitative estimate of drug-likeness (QED) is 0.842. The van der Waals surface area contributed by atoms with Crippen molar-refractivity contribution in [3.63, 3.8) is 0 Å². The first-order chi connectivity index (χ1) is 11.4. The number of methoxy groups -OCH3 is 1. The van der Waals surface area contributed by atoms with E-state index in [9.17, 15) is 9.59 Å². The molecule has 0 bridgehead atoms. The van der Waals surface area contributed by atoms with E-state index in [0.29, 0.717) is 16.3 Å². The fourth-order valence-corrected chi connectivity index (χ4v) is 2.91. The first-order valence-electron chi connectivity index (χ1n) is 7.72. The fourth-order valence-electron chi connectivity index (χ4n) is 2.29. The molecule has 1 heterocycles. The van der Waals surface area contributed by atoms with Crippen LogP contribution in [-0.4, -0.2) is 25.0 Å². The maximum atomic E-state index is 12.7. The van der Waals surface area contributed by atoms with E-state index in [2.05, 4.69) is 10.6 Å². The number of hydrogen-bond donors (Lipinski definition) is 2. The Labute approximate surface area is 146 Å². The van der Waals surface area contributed by atoms with Crippen molar-refractivity contribution < 1.29 is 14.3 Å². The lowest BCUT2D eigenvalue weighted by molar-refractivity contribution is -0.118. The Morgan fingerprint density at radius 3 is 2.54 bits per heavy atom. The molecule has 2 N–H and O–H groups in total. The molecule has 0 aliphatic rings. The van der Waals surface area contributed by atoms with Gasteiger partial charge in [0.1, 0.15) is 11.8 Å². The Kier molecular flexibility index (Phi) is 5.98. The summed E-state index contributed by atoms with van der Waals surface area (Å²) in [7, 11) is 1.55. The highest BCUT2D eigenvalue weighted by molar-refractivity contribution is 7.12. The number of carbonyl (C=O) groups is 2. The van der Waals surface area contributed by atoms with Gasteiger partial charge in [-0.3, -0.25) is 9.59 Å². The SMILES string of the molecule is COc1ccc(C)cc1NC(=O)[C@H](NC(=O)c1cccs1)C(C)C. The molecule has 0 radical (unpaired) electrons. The molecule has 1 aromatic carbocycles. The monoisotopic (exact) mass is 346 g/mol. The molecule has 0 aliphatic heterocycles. The number of anilines is 1. The highest BCUT2D eigenvalue weighted by Gasteiger charge is 2.25. The molecule has 1 atom stereocenters. The molecule has 0 saturated heterocycles. The lowest BCUT2D eigenvalue weighted by Gasteiger charge is -2.22. The largest absolute Gasteiger partial charge is 0.495 e. The number of aryl methyl sites for hydroxylation is 1. The highest BCUT2D eigenvalue weighted by atomic mass is 32.1. The first-order valence-corrected chi connectivity index (χ1v) is 8.60. The predicted octanol–water partition coefficient (Wildman–Crippen LogP) is 3.46. The van der Waals surface area contributed by atoms with Crippen LogP contribution in [0.15, 0.2) is 35.7 Å². The molecular weight excluding hydrogens is 324 g/mol. The molecular formula is C18H22N2O3S. The summed E-state index contributed by atoms with van der Waals surface area (Å²) in [5, 5.41) is 7.50. The smallest absolute Gasteiger partial charge is 0.262 e. The summed E-state index contributed by atoms with van der Waals surface area (Å²) in [4.78, 5) is 25.5. The number of amides is 2. The molecule has 0 fully saturated rings. The second-order valence-electron chi connectivity index (χ2n) is 5.87. The second kappa shape index (κ2) is 7.97. The van der Waals surface area contributed by atoms with Crippen LogP contribution in [0.4, 0.5) is 5.69 Å². The van der Waals surface area contributed by atoms with Gasteiger partial charge in [-0.05, 0) is 42.0 Å². The molecule has 0 aliphatic carbocycles. The minimum atomic E-state index is -0.634. The minimum absolute atomic E-state index is 0.0512. The van der Waals surface area contributed by atoms with Crippen molar-refractivity contribution in [2.45, 2.75) is 26.8 Å². The van der Waals surface area contributed by atoms with Crippen LogP contribution in [0.5, 0.6) is 5.75 Å². The van der Waals surface area contributed by atoms with Crippen LogP contribution in [0, 0.1) is 12.8 Å². The van der Waals surface area contributed by atoms with Gasteiger partial charge in [0.15, 0.2) is 0 Å². The van der Waals surface area contributed by atoms with Gasteiger partial charge in [0, 0.05) is 0 Å². The normalized spacial score (nSPS) is 11.9. The number of hydrogen-bond acceptors (Lipinski definition) is 4. The topological polar surface area (TPSA) is 67.4 Å². The van der Waals surface area contributed by atoms with Crippen molar-refractivity contribution in [3.8, 4) is 5.75 Å². The van der Waals surface area contributed by atoms with Crippen LogP contribution in [0.2, 0.25) is 0 Å². The van der Waals surface area contributed by atoms with Gasteiger partial charge in [0.25, 0.3) is 5.91 Å². The van der Waals surface area contributed by atoms with Crippen LogP contribution in [0.3, 0.4) is 0 Å². The van der Waals surface area contributed by atoms with Gasteiger partial charge in [0.2, 0.25) is 5.91 Å². The molecule has 1 aromatic heterocycles. The summed E-state index contributed by atoms with van der Waals surface area (Å²) in [5.41, 5.74) is 1.60. The summed E-state index contributed by atoms with van der Waals surface area (Å²) < 4.78 is 5.28. The molecule has 0 saturated carbocycles. The zero-order valence-corrected chi connectivity index (χ0v) is 15.1. The lowest BCUT2D eigenvalue weighted by atomic mass is 10.0. The third-order valence-electron chi connectivity index (χ3n) is 3.59. The van der Waals surface area contributed by atoms with E-state index in [0.717, 1.165) is 5.56 Å². The van der Waals surface area contributed by atoms with E-state index in [-0.39, 0.29) is 17.7 Å². The van der Waals surface area contributed by atoms with Crippen molar-refractivity contribution in [3.05, 3.63) is 46.2 Å². The molecule has 0 unspecified atom stereocenters. The Bertz CT molecular complexity index is 711. The molecule has 2 rings (SSSR count). The zero-order chi connectivity index (χ0) is 17.7. The zero-order valence-electron chi connectivity index (χ0n) is 14.3. The Balaban J connectivity index is 2.15. The lowest BCUT2D eigenvalue weighted by Crippen LogP contribution is -2.47. The van der Waals surface area contributed by atoms with Crippen LogP contribution >= 0.6 is 11.3 Å². The number of benzene rings is 1. The summed E-state index contributed by atoms with van der Waals surface area (Å²) in [6, 6.07) is 8.47. The van der Waals surface area contributed by atoms with Crippen LogP contribution < -0.4 is 15.4 Å². The minimum Gasteiger partial charge on any atom is -0.495 e. The van der Waals surface area contributed by atoms with E-state index in [1.54, 1.807) is 19.2 Å². The van der Waals surface area contributed by atoms with E-state index >= 15 is 0 Å². The average Bonchev–Trinajstić information content (AvgIpc) is 3.06. The molecule has 128 valence electrons. The summed E-state index contributed by atoms with van der Waals surface area (Å²) in [6.45, 7) is 5.73. The molecule has 5 nitrogen and oxygen atoms in total. The second-order valence-corrected chi connectivity index (χ2v) is 6.81. The number of thiophene rings is 1. The average molecular weight is 346 g/mol. The van der Waals surface area contributed by atoms with E-state index in [4.69, 9.17) is 4.74 Å². The predicted molar refractivity (Wildman–Crippen MR) is 96.8 cm³/mol. The number of nitrogens with one attached hydrogen (secondary N) is 2. The highest BCUT2D eigenvalue weighted by Crippen LogP contribution is 2.25. The van der Waals surface area contributed by atoms with Gasteiger partial charge in [-0.2, -0.15) is 0 Å². The number of carbonyl (C=O) groups excluding carboxylic acids is 2. The van der Waals surface area contributed by atoms with Crippen molar-refractivity contribution in [2.75, 3.05) is 12.4 Å². The van der Waals surface area contributed by atoms with Gasteiger partial charge in [-0.15, -0.1) is 11.3 Å². The standard InChI is InChI=1S/C18H22N2O3S/c1-11(2)16(20-17(21)15-6-5-9-24-15)18(22)19-13-10-12(3)7-8-14(13)23-4/h5-11,16H,1-4H3,(H,19,22)(H,20,21)/t16-/m1/s1. The number of ether oxygens (including phenoxy) is 1. The van der Waals surface area contributed by atoms with Crippen molar-refractivity contribution in [2.24, 2.45) is 5.92 Å². The molecule has 0 spiro atoms. The third-order valence-corrected chi connectivity index (χ3v) is 4.46. The van der Waals surface area contributed by atoms with E-state index in [1.807, 2.05) is 44.4 Å². The summed E-state index contributed by atoms with van der Waals surface area (Å²) in [5.74, 6) is 0.0274. The molecule has 2 amide bonds. The Morgan fingerprint density at radius 1 is 1.21 bits per heavy atom. The van der Waals surface area contributed by atoms with E-state index in [1.165, 1.54) is 11.3 Å². The van der Waals surface area contributed by atoms with Crippen molar-refractivity contribution >= 4 is 28.8 Å². The Hall–Kier alpha value is -2.34. The van der Waals surface area contributed by atoms with Gasteiger partial charge in [-0.25, -0.2) is 0 Å². The molecule has 2 aromatic rings. The first kappa shape index (κ1) is 18.0. The summed E-state index contributed by atoms with van der Waals surface area (Å²) in [6.07, 6.45) is 0. The van der Waals surface area contributed by atoms with Crippen LogP contribution in [0.25, 0.3) is 0 Å². The maximum Gasteiger partial charge on any atom is 0.262 e. The van der Waals surface area contributed by atoms with Crippen molar-refractivity contribution in [1.29, 1.82) is 0 Å². The van der Waals surface area contributed by atoms with Gasteiger partial charge in [0.05, 0.1) is 17.7 Å². The maximum absolute atomic E-state index is 12.7. The molecule has 6 heteroatoms. The molecule has 24 heavy (non-hydrogen) atoms. The van der Waals surface area contributed by atoms with Gasteiger partial charge in [-0.1, -0.05) is 26.0 Å².